The smallest absolute Gasteiger partial charge is 0.339 e. The Labute approximate surface area is 115 Å². The number of rotatable bonds is 9. The second-order valence-corrected chi connectivity index (χ2v) is 4.85. The van der Waals surface area contributed by atoms with Crippen molar-refractivity contribution in [1.29, 1.82) is 0 Å². The summed E-state index contributed by atoms with van der Waals surface area (Å²) in [5.41, 5.74) is 1.08. The molecule has 0 saturated carbocycles. The van der Waals surface area contributed by atoms with Gasteiger partial charge in [0.15, 0.2) is 0 Å². The van der Waals surface area contributed by atoms with Crippen LogP contribution in [-0.4, -0.2) is 22.6 Å². The van der Waals surface area contributed by atoms with Crippen LogP contribution in [0.4, 0.5) is 5.82 Å². The third kappa shape index (κ3) is 5.73. The molecule has 4 nitrogen and oxygen atoms in total. The first kappa shape index (κ1) is 15.5. The summed E-state index contributed by atoms with van der Waals surface area (Å²) >= 11 is 0. The first-order chi connectivity index (χ1) is 9.15. The molecule has 19 heavy (non-hydrogen) atoms. The van der Waals surface area contributed by atoms with Crippen LogP contribution in [0.5, 0.6) is 0 Å². The van der Waals surface area contributed by atoms with Gasteiger partial charge in [-0.05, 0) is 25.5 Å². The first-order valence-corrected chi connectivity index (χ1v) is 7.10. The highest BCUT2D eigenvalue weighted by Gasteiger charge is 2.10. The van der Waals surface area contributed by atoms with Gasteiger partial charge in [0.25, 0.3) is 0 Å². The van der Waals surface area contributed by atoms with E-state index in [9.17, 15) is 4.79 Å². The zero-order valence-corrected chi connectivity index (χ0v) is 11.9. The molecule has 0 fully saturated rings. The van der Waals surface area contributed by atoms with Gasteiger partial charge in [0.2, 0.25) is 0 Å². The molecule has 1 aromatic rings. The highest BCUT2D eigenvalue weighted by Crippen LogP contribution is 2.14. The molecule has 2 N–H and O–H groups in total. The molecular formula is C15H24N2O2. The molecule has 0 aliphatic heterocycles. The monoisotopic (exact) mass is 264 g/mol. The lowest BCUT2D eigenvalue weighted by Crippen LogP contribution is -2.10. The standard InChI is InChI=1S/C15H24N2O2/c1-3-4-5-6-7-8-11-16-14-13(15(18)19)10-9-12(2)17-14/h9-10H,3-8,11H2,1-2H3,(H,16,17)(H,18,19). The topological polar surface area (TPSA) is 62.2 Å². The van der Waals surface area contributed by atoms with Crippen LogP contribution in [0.1, 0.15) is 61.5 Å². The fourth-order valence-electron chi connectivity index (χ4n) is 1.98. The number of nitrogens with zero attached hydrogens (tertiary/aromatic N) is 1. The van der Waals surface area contributed by atoms with E-state index in [2.05, 4.69) is 17.2 Å². The van der Waals surface area contributed by atoms with E-state index in [1.807, 2.05) is 6.92 Å². The number of unbranched alkanes of at least 4 members (excludes halogenated alkanes) is 5. The number of hydrogen-bond acceptors (Lipinski definition) is 3. The molecule has 0 aliphatic rings. The van der Waals surface area contributed by atoms with Crippen molar-refractivity contribution in [2.24, 2.45) is 0 Å². The lowest BCUT2D eigenvalue weighted by atomic mass is 10.1. The van der Waals surface area contributed by atoms with Gasteiger partial charge in [-0.1, -0.05) is 39.0 Å². The number of aryl methyl sites for hydroxylation is 1. The Hall–Kier alpha value is -1.58. The average Bonchev–Trinajstić information content (AvgIpc) is 2.37. The van der Waals surface area contributed by atoms with Crippen molar-refractivity contribution in [3.05, 3.63) is 23.4 Å². The van der Waals surface area contributed by atoms with Crippen LogP contribution in [-0.2, 0) is 0 Å². The molecule has 1 aromatic heterocycles. The van der Waals surface area contributed by atoms with Gasteiger partial charge in [0.05, 0.1) is 0 Å². The van der Waals surface area contributed by atoms with E-state index >= 15 is 0 Å². The van der Waals surface area contributed by atoms with Crippen LogP contribution in [0.25, 0.3) is 0 Å². The van der Waals surface area contributed by atoms with Crippen molar-refractivity contribution < 1.29 is 9.90 Å². The molecule has 0 radical (unpaired) electrons. The van der Waals surface area contributed by atoms with Gasteiger partial charge >= 0.3 is 5.97 Å². The highest BCUT2D eigenvalue weighted by molar-refractivity contribution is 5.93. The van der Waals surface area contributed by atoms with E-state index in [1.54, 1.807) is 12.1 Å². The van der Waals surface area contributed by atoms with Gasteiger partial charge < -0.3 is 10.4 Å². The van der Waals surface area contributed by atoms with Crippen molar-refractivity contribution in [1.82, 2.24) is 4.98 Å². The molecule has 0 saturated heterocycles. The van der Waals surface area contributed by atoms with Gasteiger partial charge in [-0.25, -0.2) is 9.78 Å². The summed E-state index contributed by atoms with van der Waals surface area (Å²) in [6.07, 6.45) is 7.34. The van der Waals surface area contributed by atoms with Gasteiger partial charge in [-0.2, -0.15) is 0 Å². The van der Waals surface area contributed by atoms with E-state index in [4.69, 9.17) is 5.11 Å². The van der Waals surface area contributed by atoms with E-state index in [0.717, 1.165) is 18.7 Å². The lowest BCUT2D eigenvalue weighted by Gasteiger charge is -2.09. The Bertz CT molecular complexity index is 405. The van der Waals surface area contributed by atoms with Crippen LogP contribution >= 0.6 is 0 Å². The lowest BCUT2D eigenvalue weighted by molar-refractivity contribution is 0.0697. The summed E-state index contributed by atoms with van der Waals surface area (Å²) < 4.78 is 0. The Morgan fingerprint density at radius 2 is 1.89 bits per heavy atom. The van der Waals surface area contributed by atoms with E-state index < -0.39 is 5.97 Å². The minimum absolute atomic E-state index is 0.247. The number of carbonyl (C=O) groups is 1. The molecule has 1 heterocycles. The molecule has 106 valence electrons. The van der Waals surface area contributed by atoms with Gasteiger partial charge in [0, 0.05) is 12.2 Å². The Balaban J connectivity index is 2.36. The number of nitrogens with one attached hydrogen (secondary N) is 1. The summed E-state index contributed by atoms with van der Waals surface area (Å²) in [5, 5.41) is 12.2. The summed E-state index contributed by atoms with van der Waals surface area (Å²) in [5.74, 6) is -0.445. The predicted octanol–water partition coefficient (Wildman–Crippen LogP) is 3.86. The van der Waals surface area contributed by atoms with E-state index in [0.29, 0.717) is 5.82 Å². The van der Waals surface area contributed by atoms with Crippen molar-refractivity contribution in [2.45, 2.75) is 52.4 Å². The highest BCUT2D eigenvalue weighted by atomic mass is 16.4. The number of pyridine rings is 1. The van der Waals surface area contributed by atoms with Crippen molar-refractivity contribution >= 4 is 11.8 Å². The molecule has 0 aliphatic carbocycles. The van der Waals surface area contributed by atoms with E-state index in [-0.39, 0.29) is 5.56 Å². The van der Waals surface area contributed by atoms with Crippen molar-refractivity contribution in [3.63, 3.8) is 0 Å². The minimum atomic E-state index is -0.932. The molecule has 0 spiro atoms. The Morgan fingerprint density at radius 1 is 1.21 bits per heavy atom. The maximum absolute atomic E-state index is 11.1. The normalized spacial score (nSPS) is 10.4. The molecular weight excluding hydrogens is 240 g/mol. The molecule has 0 unspecified atom stereocenters. The Morgan fingerprint density at radius 3 is 2.58 bits per heavy atom. The third-order valence-electron chi connectivity index (χ3n) is 3.09. The fraction of sp³-hybridized carbons (Fsp3) is 0.600. The largest absolute Gasteiger partial charge is 0.478 e. The maximum Gasteiger partial charge on any atom is 0.339 e. The molecule has 1 rings (SSSR count). The average molecular weight is 264 g/mol. The summed E-state index contributed by atoms with van der Waals surface area (Å²) in [6.45, 7) is 4.85. The Kier molecular flexibility index (Phi) is 6.93. The first-order valence-electron chi connectivity index (χ1n) is 7.10. The van der Waals surface area contributed by atoms with Crippen LogP contribution < -0.4 is 5.32 Å². The quantitative estimate of drug-likeness (QED) is 0.665. The number of anilines is 1. The number of carboxylic acids is 1. The van der Waals surface area contributed by atoms with Crippen LogP contribution in [0, 0.1) is 6.92 Å². The van der Waals surface area contributed by atoms with Gasteiger partial charge in [0.1, 0.15) is 11.4 Å². The van der Waals surface area contributed by atoms with Gasteiger partial charge in [-0.3, -0.25) is 0 Å². The summed E-state index contributed by atoms with van der Waals surface area (Å²) in [4.78, 5) is 15.3. The fourth-order valence-corrected chi connectivity index (χ4v) is 1.98. The molecule has 0 atom stereocenters. The van der Waals surface area contributed by atoms with Crippen molar-refractivity contribution in [3.8, 4) is 0 Å². The predicted molar refractivity (Wildman–Crippen MR) is 77.8 cm³/mol. The third-order valence-corrected chi connectivity index (χ3v) is 3.09. The van der Waals surface area contributed by atoms with Crippen LogP contribution in [0.2, 0.25) is 0 Å². The molecule has 0 bridgehead atoms. The van der Waals surface area contributed by atoms with E-state index in [1.165, 1.54) is 32.1 Å². The van der Waals surface area contributed by atoms with Crippen LogP contribution in [0.3, 0.4) is 0 Å². The molecule has 4 heteroatoms. The summed E-state index contributed by atoms with van der Waals surface area (Å²) in [7, 11) is 0. The second-order valence-electron chi connectivity index (χ2n) is 4.85. The number of carboxylic acid groups (broad SMARTS) is 1. The number of aromatic carboxylic acids is 1. The number of hydrogen-bond donors (Lipinski definition) is 2. The number of aromatic nitrogens is 1. The zero-order chi connectivity index (χ0) is 14.1. The summed E-state index contributed by atoms with van der Waals surface area (Å²) in [6, 6.07) is 3.33. The SMILES string of the molecule is CCCCCCCCNc1nc(C)ccc1C(=O)O. The zero-order valence-electron chi connectivity index (χ0n) is 11.9. The molecule has 0 amide bonds. The maximum atomic E-state index is 11.1. The van der Waals surface area contributed by atoms with Crippen molar-refractivity contribution in [2.75, 3.05) is 11.9 Å². The van der Waals surface area contributed by atoms with Gasteiger partial charge in [-0.15, -0.1) is 0 Å². The minimum Gasteiger partial charge on any atom is -0.478 e. The molecule has 0 aromatic carbocycles. The second kappa shape index (κ2) is 8.51. The van der Waals surface area contributed by atoms with Crippen LogP contribution in [0.15, 0.2) is 12.1 Å².